The minimum Gasteiger partial charge on any atom is -0.383 e. The summed E-state index contributed by atoms with van der Waals surface area (Å²) in [6.07, 6.45) is 0. The van der Waals surface area contributed by atoms with Gasteiger partial charge in [-0.25, -0.2) is 14.4 Å². The number of hydrogen-bond donors (Lipinski definition) is 2. The maximum absolute atomic E-state index is 13.9. The van der Waals surface area contributed by atoms with E-state index in [2.05, 4.69) is 31.2 Å². The van der Waals surface area contributed by atoms with Crippen molar-refractivity contribution in [3.05, 3.63) is 39.9 Å². The third-order valence-electron chi connectivity index (χ3n) is 2.92. The zero-order valence-corrected chi connectivity index (χ0v) is 13.1. The second-order valence-corrected chi connectivity index (χ2v) is 5.67. The molecule has 1 aromatic heterocycles. The molecule has 0 aliphatic rings. The van der Waals surface area contributed by atoms with E-state index in [1.165, 1.54) is 6.07 Å². The molecule has 0 amide bonds. The number of rotatable bonds is 3. The molecule has 0 atom stereocenters. The van der Waals surface area contributed by atoms with Crippen LogP contribution in [0.15, 0.2) is 22.7 Å². The molecule has 0 spiro atoms. The van der Waals surface area contributed by atoms with Crippen LogP contribution in [-0.4, -0.2) is 9.97 Å². The largest absolute Gasteiger partial charge is 0.383 e. The molecule has 1 aromatic carbocycles. The van der Waals surface area contributed by atoms with E-state index in [4.69, 9.17) is 5.73 Å². The van der Waals surface area contributed by atoms with Crippen molar-refractivity contribution >= 4 is 33.3 Å². The molecule has 2 rings (SSSR count). The highest BCUT2D eigenvalue weighted by molar-refractivity contribution is 9.10. The van der Waals surface area contributed by atoms with Gasteiger partial charge in [0.2, 0.25) is 0 Å². The standard InChI is InChI=1S/C14H16BrFN4/c1-7(2)13-19-12(17)8(3)14(20-13)18-11-9(15)5-4-6-10(11)16/h4-7H,1-3H3,(H3,17,18,19,20). The van der Waals surface area contributed by atoms with Gasteiger partial charge in [-0.15, -0.1) is 0 Å². The van der Waals surface area contributed by atoms with Gasteiger partial charge in [-0.1, -0.05) is 19.9 Å². The summed E-state index contributed by atoms with van der Waals surface area (Å²) in [5.41, 5.74) is 6.93. The summed E-state index contributed by atoms with van der Waals surface area (Å²) in [6.45, 7) is 5.76. The van der Waals surface area contributed by atoms with Crippen molar-refractivity contribution < 1.29 is 4.39 Å². The predicted octanol–water partition coefficient (Wildman–Crippen LogP) is 4.14. The fraction of sp³-hybridized carbons (Fsp3) is 0.286. The monoisotopic (exact) mass is 338 g/mol. The molecule has 0 bridgehead atoms. The third kappa shape index (κ3) is 2.90. The zero-order valence-electron chi connectivity index (χ0n) is 11.5. The average Bonchev–Trinajstić information content (AvgIpc) is 2.38. The Morgan fingerprint density at radius 2 is 2.00 bits per heavy atom. The summed E-state index contributed by atoms with van der Waals surface area (Å²) in [5, 5.41) is 2.99. The van der Waals surface area contributed by atoms with Gasteiger partial charge in [0.05, 0.1) is 5.69 Å². The van der Waals surface area contributed by atoms with Crippen molar-refractivity contribution in [2.45, 2.75) is 26.7 Å². The van der Waals surface area contributed by atoms with Gasteiger partial charge in [-0.3, -0.25) is 0 Å². The first-order valence-corrected chi connectivity index (χ1v) is 7.04. The van der Waals surface area contributed by atoms with Gasteiger partial charge in [0, 0.05) is 16.0 Å². The van der Waals surface area contributed by atoms with Crippen LogP contribution in [0, 0.1) is 12.7 Å². The Morgan fingerprint density at radius 3 is 2.60 bits per heavy atom. The average molecular weight is 339 g/mol. The van der Waals surface area contributed by atoms with Crippen LogP contribution in [0.4, 0.5) is 21.7 Å². The van der Waals surface area contributed by atoms with Crippen LogP contribution in [0.2, 0.25) is 0 Å². The molecule has 6 heteroatoms. The summed E-state index contributed by atoms with van der Waals surface area (Å²) in [5.74, 6) is 1.33. The molecule has 2 aromatic rings. The summed E-state index contributed by atoms with van der Waals surface area (Å²) in [7, 11) is 0. The van der Waals surface area contributed by atoms with E-state index in [9.17, 15) is 4.39 Å². The van der Waals surface area contributed by atoms with Gasteiger partial charge in [-0.05, 0) is 35.0 Å². The van der Waals surface area contributed by atoms with Crippen molar-refractivity contribution in [3.8, 4) is 0 Å². The second-order valence-electron chi connectivity index (χ2n) is 4.82. The Morgan fingerprint density at radius 1 is 1.30 bits per heavy atom. The molecule has 0 saturated carbocycles. The summed E-state index contributed by atoms with van der Waals surface area (Å²) >= 11 is 3.32. The minimum absolute atomic E-state index is 0.141. The van der Waals surface area contributed by atoms with E-state index in [0.717, 1.165) is 0 Å². The molecule has 106 valence electrons. The molecule has 0 fully saturated rings. The minimum atomic E-state index is -0.359. The van der Waals surface area contributed by atoms with E-state index in [1.807, 2.05) is 13.8 Å². The summed E-state index contributed by atoms with van der Waals surface area (Å²) in [6, 6.07) is 4.77. The number of nitrogens with two attached hydrogens (primary N) is 1. The predicted molar refractivity (Wildman–Crippen MR) is 82.7 cm³/mol. The van der Waals surface area contributed by atoms with Crippen LogP contribution < -0.4 is 11.1 Å². The fourth-order valence-corrected chi connectivity index (χ4v) is 2.11. The van der Waals surface area contributed by atoms with Gasteiger partial charge in [0.1, 0.15) is 23.3 Å². The van der Waals surface area contributed by atoms with Crippen LogP contribution in [0.3, 0.4) is 0 Å². The van der Waals surface area contributed by atoms with Gasteiger partial charge in [0.25, 0.3) is 0 Å². The number of anilines is 3. The lowest BCUT2D eigenvalue weighted by Crippen LogP contribution is -2.09. The lowest BCUT2D eigenvalue weighted by atomic mass is 10.2. The van der Waals surface area contributed by atoms with Gasteiger partial charge >= 0.3 is 0 Å². The summed E-state index contributed by atoms with van der Waals surface area (Å²) < 4.78 is 14.5. The molecule has 0 aliphatic heterocycles. The number of hydrogen-bond acceptors (Lipinski definition) is 4. The highest BCUT2D eigenvalue weighted by Crippen LogP contribution is 2.30. The SMILES string of the molecule is Cc1c(N)nc(C(C)C)nc1Nc1c(F)cccc1Br. The van der Waals surface area contributed by atoms with E-state index >= 15 is 0 Å². The number of halogens is 2. The Hall–Kier alpha value is -1.69. The van der Waals surface area contributed by atoms with E-state index in [1.54, 1.807) is 19.1 Å². The number of nitrogens with zero attached hydrogens (tertiary/aromatic N) is 2. The molecule has 20 heavy (non-hydrogen) atoms. The number of aromatic nitrogens is 2. The maximum atomic E-state index is 13.9. The molecule has 1 heterocycles. The van der Waals surface area contributed by atoms with E-state index in [0.29, 0.717) is 33.2 Å². The van der Waals surface area contributed by atoms with Crippen LogP contribution in [0.5, 0.6) is 0 Å². The molecule has 0 radical (unpaired) electrons. The van der Waals surface area contributed by atoms with Crippen molar-refractivity contribution in [1.82, 2.24) is 9.97 Å². The van der Waals surface area contributed by atoms with Crippen LogP contribution in [-0.2, 0) is 0 Å². The quantitative estimate of drug-likeness (QED) is 0.882. The van der Waals surface area contributed by atoms with Gasteiger partial charge in [-0.2, -0.15) is 0 Å². The Labute approximate surface area is 125 Å². The van der Waals surface area contributed by atoms with E-state index < -0.39 is 0 Å². The number of benzene rings is 1. The van der Waals surface area contributed by atoms with Crippen LogP contribution >= 0.6 is 15.9 Å². The first kappa shape index (κ1) is 14.7. The molecular weight excluding hydrogens is 323 g/mol. The molecule has 0 unspecified atom stereocenters. The third-order valence-corrected chi connectivity index (χ3v) is 3.58. The normalized spacial score (nSPS) is 10.9. The summed E-state index contributed by atoms with van der Waals surface area (Å²) in [4.78, 5) is 8.66. The molecule has 0 saturated heterocycles. The van der Waals surface area contributed by atoms with Gasteiger partial charge < -0.3 is 11.1 Å². The maximum Gasteiger partial charge on any atom is 0.147 e. The van der Waals surface area contributed by atoms with Crippen LogP contribution in [0.1, 0.15) is 31.2 Å². The van der Waals surface area contributed by atoms with Crippen molar-refractivity contribution in [2.75, 3.05) is 11.1 Å². The lowest BCUT2D eigenvalue weighted by molar-refractivity contribution is 0.631. The second kappa shape index (κ2) is 5.75. The first-order valence-electron chi connectivity index (χ1n) is 6.25. The number of nitrogen functional groups attached to an aromatic ring is 1. The molecular formula is C14H16BrFN4. The van der Waals surface area contributed by atoms with Crippen molar-refractivity contribution in [3.63, 3.8) is 0 Å². The fourth-order valence-electron chi connectivity index (χ4n) is 1.67. The highest BCUT2D eigenvalue weighted by atomic mass is 79.9. The Balaban J connectivity index is 2.48. The highest BCUT2D eigenvalue weighted by Gasteiger charge is 2.14. The van der Waals surface area contributed by atoms with Crippen LogP contribution in [0.25, 0.3) is 0 Å². The smallest absolute Gasteiger partial charge is 0.147 e. The molecule has 3 N–H and O–H groups in total. The number of para-hydroxylation sites is 1. The van der Waals surface area contributed by atoms with E-state index in [-0.39, 0.29) is 11.7 Å². The lowest BCUT2D eigenvalue weighted by Gasteiger charge is -2.14. The Bertz CT molecular complexity index is 623. The Kier molecular flexibility index (Phi) is 4.23. The first-order chi connectivity index (χ1) is 9.40. The van der Waals surface area contributed by atoms with Crippen molar-refractivity contribution in [1.29, 1.82) is 0 Å². The number of nitrogens with one attached hydrogen (secondary N) is 1. The molecule has 4 nitrogen and oxygen atoms in total. The van der Waals surface area contributed by atoms with Crippen molar-refractivity contribution in [2.24, 2.45) is 0 Å². The zero-order chi connectivity index (χ0) is 14.9. The van der Waals surface area contributed by atoms with Gasteiger partial charge in [0.15, 0.2) is 0 Å². The topological polar surface area (TPSA) is 63.8 Å². The molecule has 0 aliphatic carbocycles.